The summed E-state index contributed by atoms with van der Waals surface area (Å²) in [6.07, 6.45) is 3.22. The minimum Gasteiger partial charge on any atom is -0.332 e. The zero-order valence-corrected chi connectivity index (χ0v) is 17.0. The highest BCUT2D eigenvalue weighted by Gasteiger charge is 2.07. The number of hydrogen-bond donors (Lipinski definition) is 2. The number of benzene rings is 3. The van der Waals surface area contributed by atoms with E-state index in [4.69, 9.17) is 12.2 Å². The third-order valence-corrected chi connectivity index (χ3v) is 4.64. The van der Waals surface area contributed by atoms with Gasteiger partial charge in [-0.2, -0.15) is 0 Å². The molecule has 5 nitrogen and oxygen atoms in total. The molecule has 0 radical (unpaired) electrons. The van der Waals surface area contributed by atoms with Gasteiger partial charge in [-0.05, 0) is 52.8 Å². The third kappa shape index (κ3) is 5.27. The number of nitrogens with one attached hydrogen (secondary N) is 2. The number of rotatable bonds is 4. The fraction of sp³-hybridized carbons (Fsp3) is 0.0870. The van der Waals surface area contributed by atoms with Crippen molar-refractivity contribution in [1.29, 1.82) is 0 Å². The van der Waals surface area contributed by atoms with Crippen LogP contribution in [-0.4, -0.2) is 24.0 Å². The highest BCUT2D eigenvalue weighted by Crippen LogP contribution is 2.20. The van der Waals surface area contributed by atoms with Crippen LogP contribution < -0.4 is 15.5 Å². The molecule has 2 amide bonds. The van der Waals surface area contributed by atoms with Gasteiger partial charge in [0.25, 0.3) is 0 Å². The molecule has 0 saturated heterocycles. The van der Waals surface area contributed by atoms with Crippen LogP contribution in [0.5, 0.6) is 0 Å². The van der Waals surface area contributed by atoms with E-state index in [1.165, 1.54) is 17.9 Å². The molecule has 3 aromatic rings. The zero-order chi connectivity index (χ0) is 20.8. The molecule has 0 bridgehead atoms. The van der Waals surface area contributed by atoms with Gasteiger partial charge in [-0.15, -0.1) is 0 Å². The fourth-order valence-corrected chi connectivity index (χ4v) is 3.07. The maximum Gasteiger partial charge on any atom is 0.250 e. The summed E-state index contributed by atoms with van der Waals surface area (Å²) in [5.74, 6) is -0.399. The number of thiocarbonyl (C=S) groups is 1. The Hall–Kier alpha value is -3.51. The predicted octanol–water partition coefficient (Wildman–Crippen LogP) is 4.35. The lowest BCUT2D eigenvalue weighted by molar-refractivity contribution is -0.116. The van der Waals surface area contributed by atoms with Crippen LogP contribution >= 0.6 is 12.2 Å². The summed E-state index contributed by atoms with van der Waals surface area (Å²) >= 11 is 5.22. The largest absolute Gasteiger partial charge is 0.332 e. The quantitative estimate of drug-likeness (QED) is 0.502. The van der Waals surface area contributed by atoms with E-state index in [9.17, 15) is 9.59 Å². The highest BCUT2D eigenvalue weighted by molar-refractivity contribution is 7.80. The van der Waals surface area contributed by atoms with E-state index in [-0.39, 0.29) is 16.9 Å². The van der Waals surface area contributed by atoms with Crippen molar-refractivity contribution in [3.8, 4) is 0 Å². The first-order chi connectivity index (χ1) is 13.9. The molecular weight excluding hydrogens is 382 g/mol. The summed E-state index contributed by atoms with van der Waals surface area (Å²) in [5, 5.41) is 7.96. The van der Waals surface area contributed by atoms with E-state index in [2.05, 4.69) is 10.6 Å². The summed E-state index contributed by atoms with van der Waals surface area (Å²) in [5.41, 5.74) is 2.36. The monoisotopic (exact) mass is 403 g/mol. The second-order valence-corrected chi connectivity index (χ2v) is 6.88. The van der Waals surface area contributed by atoms with Crippen molar-refractivity contribution in [2.24, 2.45) is 0 Å². The molecule has 0 spiro atoms. The van der Waals surface area contributed by atoms with Gasteiger partial charge in [0.05, 0.1) is 0 Å². The number of nitrogens with zero attached hydrogens (tertiary/aromatic N) is 1. The lowest BCUT2D eigenvalue weighted by Gasteiger charge is -2.16. The van der Waals surface area contributed by atoms with E-state index in [1.54, 1.807) is 19.2 Å². The zero-order valence-electron chi connectivity index (χ0n) is 16.2. The van der Waals surface area contributed by atoms with Crippen molar-refractivity contribution < 1.29 is 9.59 Å². The lowest BCUT2D eigenvalue weighted by Crippen LogP contribution is -2.32. The van der Waals surface area contributed by atoms with Crippen molar-refractivity contribution in [2.45, 2.75) is 6.92 Å². The molecule has 0 fully saturated rings. The number of carbonyl (C=O) groups excluding carboxylic acids is 2. The van der Waals surface area contributed by atoms with Crippen LogP contribution in [0.2, 0.25) is 0 Å². The number of amides is 2. The average molecular weight is 404 g/mol. The second-order valence-electron chi connectivity index (χ2n) is 6.47. The summed E-state index contributed by atoms with van der Waals surface area (Å²) in [6, 6.07) is 21.2. The van der Waals surface area contributed by atoms with Crippen molar-refractivity contribution in [3.05, 3.63) is 78.4 Å². The molecule has 0 aliphatic rings. The second kappa shape index (κ2) is 9.12. The number of fused-ring (bicyclic) bond motifs is 1. The molecule has 0 unspecified atom stereocenters. The van der Waals surface area contributed by atoms with Crippen molar-refractivity contribution in [2.75, 3.05) is 17.3 Å². The minimum atomic E-state index is -0.326. The van der Waals surface area contributed by atoms with Crippen molar-refractivity contribution >= 4 is 57.4 Å². The average Bonchev–Trinajstić information content (AvgIpc) is 2.71. The highest BCUT2D eigenvalue weighted by atomic mass is 32.1. The van der Waals surface area contributed by atoms with E-state index in [1.807, 2.05) is 60.7 Å². The van der Waals surface area contributed by atoms with Gasteiger partial charge in [-0.1, -0.05) is 48.5 Å². The van der Waals surface area contributed by atoms with Crippen LogP contribution in [0, 0.1) is 0 Å². The van der Waals surface area contributed by atoms with Crippen LogP contribution in [-0.2, 0) is 9.59 Å². The van der Waals surface area contributed by atoms with Crippen molar-refractivity contribution in [3.63, 3.8) is 0 Å². The van der Waals surface area contributed by atoms with Gasteiger partial charge in [-0.3, -0.25) is 14.9 Å². The van der Waals surface area contributed by atoms with Gasteiger partial charge >= 0.3 is 0 Å². The van der Waals surface area contributed by atoms with Crippen LogP contribution in [0.25, 0.3) is 16.8 Å². The topological polar surface area (TPSA) is 61.4 Å². The number of carbonyl (C=O) groups is 2. The third-order valence-electron chi connectivity index (χ3n) is 4.44. The SMILES string of the molecule is CC(=O)N(C)c1cccc(NC(=S)NC(=O)/C=C/c2cccc3ccccc23)c1. The number of anilines is 2. The van der Waals surface area contributed by atoms with E-state index in [0.29, 0.717) is 5.69 Å². The van der Waals surface area contributed by atoms with Gasteiger partial charge in [0, 0.05) is 31.4 Å². The van der Waals surface area contributed by atoms with Crippen LogP contribution in [0.4, 0.5) is 11.4 Å². The molecule has 2 N–H and O–H groups in total. The summed E-state index contributed by atoms with van der Waals surface area (Å²) in [6.45, 7) is 1.49. The normalized spacial score (nSPS) is 10.7. The molecule has 0 saturated carbocycles. The Labute approximate surface area is 175 Å². The molecule has 0 aliphatic heterocycles. The molecule has 3 aromatic carbocycles. The van der Waals surface area contributed by atoms with Gasteiger partial charge in [-0.25, -0.2) is 0 Å². The molecule has 0 heterocycles. The lowest BCUT2D eigenvalue weighted by atomic mass is 10.0. The Balaban J connectivity index is 1.64. The Morgan fingerprint density at radius 1 is 1.00 bits per heavy atom. The Morgan fingerprint density at radius 3 is 2.52 bits per heavy atom. The molecule has 0 atom stereocenters. The Kier molecular flexibility index (Phi) is 6.36. The molecule has 0 aliphatic carbocycles. The minimum absolute atomic E-state index is 0.0726. The van der Waals surface area contributed by atoms with Gasteiger partial charge < -0.3 is 10.2 Å². The van der Waals surface area contributed by atoms with Gasteiger partial charge in [0.1, 0.15) is 0 Å². The first kappa shape index (κ1) is 20.2. The number of hydrogen-bond acceptors (Lipinski definition) is 3. The predicted molar refractivity (Wildman–Crippen MR) is 123 cm³/mol. The van der Waals surface area contributed by atoms with Gasteiger partial charge in [0.2, 0.25) is 11.8 Å². The Morgan fingerprint density at radius 2 is 1.72 bits per heavy atom. The molecule has 146 valence electrons. The molecule has 29 heavy (non-hydrogen) atoms. The molecule has 6 heteroatoms. The maximum absolute atomic E-state index is 12.2. The van der Waals surface area contributed by atoms with Crippen LogP contribution in [0.15, 0.2) is 72.8 Å². The molecule has 3 rings (SSSR count). The smallest absolute Gasteiger partial charge is 0.250 e. The summed E-state index contributed by atoms with van der Waals surface area (Å²) < 4.78 is 0. The van der Waals surface area contributed by atoms with Crippen LogP contribution in [0.1, 0.15) is 12.5 Å². The fourth-order valence-electron chi connectivity index (χ4n) is 2.85. The van der Waals surface area contributed by atoms with Crippen molar-refractivity contribution in [1.82, 2.24) is 5.32 Å². The van der Waals surface area contributed by atoms with Gasteiger partial charge in [0.15, 0.2) is 5.11 Å². The standard InChI is InChI=1S/C23H21N3O2S/c1-16(27)26(2)20-11-6-10-19(15-20)24-23(29)25-22(28)14-13-18-9-5-8-17-7-3-4-12-21(17)18/h3-15H,1-2H3,(H2,24,25,28,29)/b14-13+. The van der Waals surface area contributed by atoms with E-state index >= 15 is 0 Å². The summed E-state index contributed by atoms with van der Waals surface area (Å²) in [4.78, 5) is 25.3. The first-order valence-corrected chi connectivity index (χ1v) is 9.47. The summed E-state index contributed by atoms with van der Waals surface area (Å²) in [7, 11) is 1.69. The molecular formula is C23H21N3O2S. The van der Waals surface area contributed by atoms with E-state index < -0.39 is 0 Å². The van der Waals surface area contributed by atoms with E-state index in [0.717, 1.165) is 22.0 Å². The molecule has 0 aromatic heterocycles. The maximum atomic E-state index is 12.2. The first-order valence-electron chi connectivity index (χ1n) is 9.06. The Bertz CT molecular complexity index is 1100. The van der Waals surface area contributed by atoms with Crippen LogP contribution in [0.3, 0.4) is 0 Å².